The van der Waals surface area contributed by atoms with Crippen molar-refractivity contribution in [2.24, 2.45) is 0 Å². The molecule has 0 amide bonds. The number of fused-ring (bicyclic) bond motifs is 1. The Morgan fingerprint density at radius 2 is 1.33 bits per heavy atom. The van der Waals surface area contributed by atoms with Crippen LogP contribution in [0.4, 0.5) is 0 Å². The lowest BCUT2D eigenvalue weighted by Crippen LogP contribution is -2.06. The van der Waals surface area contributed by atoms with Gasteiger partial charge in [-0.15, -0.1) is 0 Å². The zero-order valence-electron chi connectivity index (χ0n) is 16.0. The van der Waals surface area contributed by atoms with E-state index in [-0.39, 0.29) is 0 Å². The Labute approximate surface area is 147 Å². The third-order valence-electron chi connectivity index (χ3n) is 5.22. The molecule has 0 aliphatic heterocycles. The second-order valence-electron chi connectivity index (χ2n) is 8.08. The van der Waals surface area contributed by atoms with Gasteiger partial charge in [-0.2, -0.15) is 0 Å². The fourth-order valence-electron chi connectivity index (χ4n) is 3.77. The van der Waals surface area contributed by atoms with Crippen molar-refractivity contribution in [3.05, 3.63) is 69.8 Å². The summed E-state index contributed by atoms with van der Waals surface area (Å²) in [6.07, 6.45) is 3.48. The quantitative estimate of drug-likeness (QED) is 0.561. The average molecular weight is 319 g/mol. The van der Waals surface area contributed by atoms with E-state index in [4.69, 9.17) is 0 Å². The molecule has 0 saturated carbocycles. The summed E-state index contributed by atoms with van der Waals surface area (Å²) in [6, 6.07) is 13.7. The highest BCUT2D eigenvalue weighted by molar-refractivity contribution is 5.91. The summed E-state index contributed by atoms with van der Waals surface area (Å²) in [5.41, 5.74) is 10.4. The summed E-state index contributed by atoms with van der Waals surface area (Å²) in [7, 11) is 0. The van der Waals surface area contributed by atoms with E-state index in [0.29, 0.717) is 17.8 Å². The lowest BCUT2D eigenvalue weighted by atomic mass is 9.81. The van der Waals surface area contributed by atoms with Crippen LogP contribution in [0.25, 0.3) is 11.6 Å². The number of allylic oxidation sites excluding steroid dienone is 1. The molecule has 0 nitrogen and oxygen atoms in total. The first-order valence-electron chi connectivity index (χ1n) is 9.35. The van der Waals surface area contributed by atoms with Crippen molar-refractivity contribution in [3.8, 4) is 0 Å². The molecule has 0 N–H and O–H groups in total. The lowest BCUT2D eigenvalue weighted by Gasteiger charge is -2.23. The van der Waals surface area contributed by atoms with Crippen molar-refractivity contribution in [2.75, 3.05) is 0 Å². The highest BCUT2D eigenvalue weighted by atomic mass is 14.3. The van der Waals surface area contributed by atoms with E-state index in [0.717, 1.165) is 6.42 Å². The minimum Gasteiger partial charge on any atom is -0.0619 e. The van der Waals surface area contributed by atoms with Crippen molar-refractivity contribution >= 4 is 11.6 Å². The molecule has 2 aromatic rings. The molecule has 0 fully saturated rings. The Bertz CT molecular complexity index is 743. The Kier molecular flexibility index (Phi) is 4.67. The van der Waals surface area contributed by atoms with Gasteiger partial charge in [0, 0.05) is 0 Å². The number of hydrogen-bond acceptors (Lipinski definition) is 0. The summed E-state index contributed by atoms with van der Waals surface area (Å²) in [4.78, 5) is 0. The minimum atomic E-state index is 0.542. The SMILES string of the molecule is CC(C)c1cc(C(C)C)c(C2=Cc3ccccc3C2)c(C(C)C)c1. The third kappa shape index (κ3) is 3.07. The summed E-state index contributed by atoms with van der Waals surface area (Å²) in [5, 5.41) is 0. The maximum absolute atomic E-state index is 2.46. The largest absolute Gasteiger partial charge is 0.0619 e. The van der Waals surface area contributed by atoms with Crippen molar-refractivity contribution in [1.29, 1.82) is 0 Å². The Morgan fingerprint density at radius 1 is 0.750 bits per heavy atom. The van der Waals surface area contributed by atoms with Crippen molar-refractivity contribution < 1.29 is 0 Å². The predicted octanol–water partition coefficient (Wildman–Crippen LogP) is 7.15. The summed E-state index contributed by atoms with van der Waals surface area (Å²) in [5.74, 6) is 1.66. The van der Waals surface area contributed by atoms with E-state index in [1.165, 1.54) is 39.0 Å². The van der Waals surface area contributed by atoms with Gasteiger partial charge in [-0.05, 0) is 63.1 Å². The predicted molar refractivity (Wildman–Crippen MR) is 107 cm³/mol. The number of benzene rings is 2. The molecule has 0 aromatic heterocycles. The van der Waals surface area contributed by atoms with Crippen molar-refractivity contribution in [1.82, 2.24) is 0 Å². The van der Waals surface area contributed by atoms with Crippen molar-refractivity contribution in [2.45, 2.75) is 65.7 Å². The van der Waals surface area contributed by atoms with Gasteiger partial charge in [0.25, 0.3) is 0 Å². The molecular formula is C24H30. The molecule has 0 saturated heterocycles. The summed E-state index contributed by atoms with van der Waals surface area (Å²) in [6.45, 7) is 13.9. The van der Waals surface area contributed by atoms with Crippen LogP contribution in [0.3, 0.4) is 0 Å². The molecule has 0 atom stereocenters. The van der Waals surface area contributed by atoms with Crippen LogP contribution in [0.2, 0.25) is 0 Å². The molecule has 1 aliphatic rings. The van der Waals surface area contributed by atoms with E-state index in [2.05, 4.69) is 84.0 Å². The molecule has 126 valence electrons. The van der Waals surface area contributed by atoms with E-state index in [1.54, 1.807) is 0 Å². The molecule has 1 aliphatic carbocycles. The van der Waals surface area contributed by atoms with Crippen LogP contribution in [0.1, 0.15) is 92.7 Å². The van der Waals surface area contributed by atoms with Gasteiger partial charge in [0.05, 0.1) is 0 Å². The van der Waals surface area contributed by atoms with Gasteiger partial charge in [0.2, 0.25) is 0 Å². The fraction of sp³-hybridized carbons (Fsp3) is 0.417. The topological polar surface area (TPSA) is 0 Å². The molecule has 2 aromatic carbocycles. The van der Waals surface area contributed by atoms with Crippen LogP contribution in [-0.2, 0) is 6.42 Å². The van der Waals surface area contributed by atoms with Crippen LogP contribution in [0.5, 0.6) is 0 Å². The smallest absolute Gasteiger partial charge is 0.00135 e. The average Bonchev–Trinajstić information content (AvgIpc) is 2.96. The number of hydrogen-bond donors (Lipinski definition) is 0. The van der Waals surface area contributed by atoms with E-state index < -0.39 is 0 Å². The van der Waals surface area contributed by atoms with Gasteiger partial charge >= 0.3 is 0 Å². The molecule has 3 rings (SSSR count). The molecule has 0 spiro atoms. The highest BCUT2D eigenvalue weighted by Gasteiger charge is 2.22. The van der Waals surface area contributed by atoms with Gasteiger partial charge in [-0.25, -0.2) is 0 Å². The lowest BCUT2D eigenvalue weighted by molar-refractivity contribution is 0.798. The zero-order valence-corrected chi connectivity index (χ0v) is 16.0. The molecule has 0 heteroatoms. The Morgan fingerprint density at radius 3 is 1.83 bits per heavy atom. The van der Waals surface area contributed by atoms with Crippen LogP contribution in [0, 0.1) is 0 Å². The molecule has 0 unspecified atom stereocenters. The first kappa shape index (κ1) is 17.0. The van der Waals surface area contributed by atoms with Crippen molar-refractivity contribution in [3.63, 3.8) is 0 Å². The van der Waals surface area contributed by atoms with E-state index >= 15 is 0 Å². The maximum atomic E-state index is 2.46. The van der Waals surface area contributed by atoms with E-state index in [9.17, 15) is 0 Å². The molecular weight excluding hydrogens is 288 g/mol. The van der Waals surface area contributed by atoms with Crippen LogP contribution in [0.15, 0.2) is 36.4 Å². The van der Waals surface area contributed by atoms with Gasteiger partial charge < -0.3 is 0 Å². The molecule has 0 bridgehead atoms. The first-order chi connectivity index (χ1) is 11.4. The maximum Gasteiger partial charge on any atom is -0.00135 e. The monoisotopic (exact) mass is 318 g/mol. The Hall–Kier alpha value is -1.82. The van der Waals surface area contributed by atoms with Gasteiger partial charge in [-0.1, -0.05) is 84.0 Å². The van der Waals surface area contributed by atoms with E-state index in [1.807, 2.05) is 0 Å². The van der Waals surface area contributed by atoms with Gasteiger partial charge in [0.1, 0.15) is 0 Å². The fourth-order valence-corrected chi connectivity index (χ4v) is 3.77. The number of rotatable bonds is 4. The minimum absolute atomic E-state index is 0.542. The van der Waals surface area contributed by atoms with Gasteiger partial charge in [0.15, 0.2) is 0 Å². The van der Waals surface area contributed by atoms with Crippen LogP contribution >= 0.6 is 0 Å². The highest BCUT2D eigenvalue weighted by Crippen LogP contribution is 2.40. The zero-order chi connectivity index (χ0) is 17.4. The molecule has 0 radical (unpaired) electrons. The Balaban J connectivity index is 2.20. The molecule has 24 heavy (non-hydrogen) atoms. The van der Waals surface area contributed by atoms with Crippen LogP contribution in [-0.4, -0.2) is 0 Å². The second-order valence-corrected chi connectivity index (χ2v) is 8.08. The van der Waals surface area contributed by atoms with Crippen LogP contribution < -0.4 is 0 Å². The first-order valence-corrected chi connectivity index (χ1v) is 9.35. The third-order valence-corrected chi connectivity index (χ3v) is 5.22. The molecule has 0 heterocycles. The normalized spacial score (nSPS) is 13.8. The van der Waals surface area contributed by atoms with Gasteiger partial charge in [-0.3, -0.25) is 0 Å². The second kappa shape index (κ2) is 6.59. The summed E-state index contributed by atoms with van der Waals surface area (Å²) >= 11 is 0. The standard InChI is InChI=1S/C24H30/c1-15(2)20-13-22(16(3)4)24(23(14-20)17(5)6)21-11-18-9-7-8-10-19(18)12-21/h7-11,13-17H,12H2,1-6H3. The summed E-state index contributed by atoms with van der Waals surface area (Å²) < 4.78 is 0.